The summed E-state index contributed by atoms with van der Waals surface area (Å²) in [6.07, 6.45) is 0. The lowest BCUT2D eigenvalue weighted by Gasteiger charge is -2.14. The van der Waals surface area contributed by atoms with E-state index >= 15 is 0 Å². The third-order valence-electron chi connectivity index (χ3n) is 3.31. The minimum Gasteiger partial charge on any atom is -0.454 e. The fourth-order valence-electron chi connectivity index (χ4n) is 1.98. The highest BCUT2D eigenvalue weighted by atomic mass is 35.5. The molecule has 2 amide bonds. The van der Waals surface area contributed by atoms with E-state index in [1.54, 1.807) is 48.5 Å². The first-order chi connectivity index (χ1) is 12.4. The van der Waals surface area contributed by atoms with Crippen molar-refractivity contribution in [1.29, 1.82) is 0 Å². The highest BCUT2D eigenvalue weighted by molar-refractivity contribution is 6.44. The quantitative estimate of drug-likeness (QED) is 0.736. The molecule has 0 saturated carbocycles. The van der Waals surface area contributed by atoms with Crippen LogP contribution in [0.4, 0.5) is 5.69 Å². The minimum atomic E-state index is -0.912. The van der Waals surface area contributed by atoms with Gasteiger partial charge in [0.25, 0.3) is 11.8 Å². The predicted octanol–water partition coefficient (Wildman–Crippen LogP) is 3.29. The number of ether oxygens (including phenoxy) is 1. The topological polar surface area (TPSA) is 84.5 Å². The van der Waals surface area contributed by atoms with E-state index in [2.05, 4.69) is 10.6 Å². The van der Waals surface area contributed by atoms with Crippen molar-refractivity contribution >= 4 is 46.7 Å². The number of rotatable bonds is 6. The number of hydrogen-bond acceptors (Lipinski definition) is 4. The van der Waals surface area contributed by atoms with Gasteiger partial charge in [0.2, 0.25) is 0 Å². The first kappa shape index (κ1) is 19.8. The van der Waals surface area contributed by atoms with Crippen LogP contribution in [0.1, 0.15) is 17.3 Å². The maximum atomic E-state index is 12.0. The van der Waals surface area contributed by atoms with Gasteiger partial charge < -0.3 is 15.4 Å². The number of benzene rings is 2. The van der Waals surface area contributed by atoms with Crippen molar-refractivity contribution < 1.29 is 19.1 Å². The Morgan fingerprint density at radius 3 is 2.42 bits per heavy atom. The summed E-state index contributed by atoms with van der Waals surface area (Å²) in [5, 5.41) is 5.48. The summed E-state index contributed by atoms with van der Waals surface area (Å²) in [4.78, 5) is 35.8. The number of carbonyl (C=O) groups is 3. The number of halogens is 2. The molecule has 0 radical (unpaired) electrons. The van der Waals surface area contributed by atoms with Crippen LogP contribution in [0.3, 0.4) is 0 Å². The summed E-state index contributed by atoms with van der Waals surface area (Å²) in [5.74, 6) is -1.73. The molecule has 0 spiro atoms. The fourth-order valence-corrected chi connectivity index (χ4v) is 2.32. The zero-order valence-corrected chi connectivity index (χ0v) is 15.3. The van der Waals surface area contributed by atoms with Gasteiger partial charge in [-0.15, -0.1) is 0 Å². The average molecular weight is 395 g/mol. The molecule has 6 nitrogen and oxygen atoms in total. The van der Waals surface area contributed by atoms with Gasteiger partial charge in [-0.05, 0) is 31.2 Å². The van der Waals surface area contributed by atoms with Gasteiger partial charge in [0.15, 0.2) is 6.61 Å². The molecule has 2 aromatic carbocycles. The molecule has 8 heteroatoms. The number of esters is 1. The zero-order valence-electron chi connectivity index (χ0n) is 13.8. The highest BCUT2D eigenvalue weighted by Crippen LogP contribution is 2.29. The van der Waals surface area contributed by atoms with E-state index in [-0.39, 0.29) is 5.02 Å². The van der Waals surface area contributed by atoms with E-state index in [1.165, 1.54) is 6.92 Å². The molecule has 2 rings (SSSR count). The lowest BCUT2D eigenvalue weighted by molar-refractivity contribution is -0.148. The van der Waals surface area contributed by atoms with E-state index in [9.17, 15) is 14.4 Å². The Bertz CT molecular complexity index is 812. The summed E-state index contributed by atoms with van der Waals surface area (Å²) >= 11 is 11.8. The molecule has 0 bridgehead atoms. The summed E-state index contributed by atoms with van der Waals surface area (Å²) in [7, 11) is 0. The molecule has 2 N–H and O–H groups in total. The number of hydrogen-bond donors (Lipinski definition) is 2. The van der Waals surface area contributed by atoms with Gasteiger partial charge in [-0.3, -0.25) is 9.59 Å². The van der Waals surface area contributed by atoms with E-state index in [0.717, 1.165) is 0 Å². The molecule has 136 valence electrons. The van der Waals surface area contributed by atoms with Gasteiger partial charge in [0, 0.05) is 5.56 Å². The van der Waals surface area contributed by atoms with Crippen molar-refractivity contribution in [3.8, 4) is 0 Å². The predicted molar refractivity (Wildman–Crippen MR) is 99.4 cm³/mol. The molecule has 0 fully saturated rings. The Morgan fingerprint density at radius 2 is 1.73 bits per heavy atom. The second-order valence-electron chi connectivity index (χ2n) is 5.32. The van der Waals surface area contributed by atoms with Crippen LogP contribution in [-0.4, -0.2) is 30.4 Å². The monoisotopic (exact) mass is 394 g/mol. The number of nitrogens with one attached hydrogen (secondary N) is 2. The van der Waals surface area contributed by atoms with Crippen molar-refractivity contribution in [3.05, 3.63) is 64.1 Å². The van der Waals surface area contributed by atoms with Crippen molar-refractivity contribution in [2.75, 3.05) is 11.9 Å². The Labute approximate surface area is 160 Å². The van der Waals surface area contributed by atoms with E-state index < -0.39 is 30.4 Å². The minimum absolute atomic E-state index is 0.192. The van der Waals surface area contributed by atoms with Crippen molar-refractivity contribution in [1.82, 2.24) is 5.32 Å². The first-order valence-electron chi connectivity index (χ1n) is 7.65. The number of carbonyl (C=O) groups excluding carboxylic acids is 3. The maximum absolute atomic E-state index is 12.0. The second-order valence-corrected chi connectivity index (χ2v) is 6.10. The molecule has 0 aliphatic heterocycles. The van der Waals surface area contributed by atoms with Crippen molar-refractivity contribution in [3.63, 3.8) is 0 Å². The van der Waals surface area contributed by atoms with Gasteiger partial charge >= 0.3 is 5.97 Å². The first-order valence-corrected chi connectivity index (χ1v) is 8.40. The van der Waals surface area contributed by atoms with Crippen molar-refractivity contribution in [2.24, 2.45) is 0 Å². The van der Waals surface area contributed by atoms with Gasteiger partial charge in [0.1, 0.15) is 6.04 Å². The van der Waals surface area contributed by atoms with Crippen LogP contribution in [0.25, 0.3) is 0 Å². The summed E-state index contributed by atoms with van der Waals surface area (Å²) < 4.78 is 4.90. The average Bonchev–Trinajstić information content (AvgIpc) is 2.64. The number of amides is 2. The number of anilines is 1. The molecule has 0 aliphatic rings. The van der Waals surface area contributed by atoms with Gasteiger partial charge in [-0.25, -0.2) is 4.79 Å². The van der Waals surface area contributed by atoms with Crippen LogP contribution < -0.4 is 10.6 Å². The lowest BCUT2D eigenvalue weighted by Crippen LogP contribution is -2.40. The normalized spacial score (nSPS) is 11.3. The Kier molecular flexibility index (Phi) is 7.00. The molecule has 0 unspecified atom stereocenters. The van der Waals surface area contributed by atoms with Gasteiger partial charge in [-0.2, -0.15) is 0 Å². The van der Waals surface area contributed by atoms with Crippen LogP contribution in [0, 0.1) is 0 Å². The molecule has 0 aromatic heterocycles. The van der Waals surface area contributed by atoms with E-state index in [4.69, 9.17) is 27.9 Å². The highest BCUT2D eigenvalue weighted by Gasteiger charge is 2.19. The molecule has 0 aliphatic carbocycles. The third-order valence-corrected chi connectivity index (χ3v) is 4.13. The van der Waals surface area contributed by atoms with Gasteiger partial charge in [-0.1, -0.05) is 47.5 Å². The molecular formula is C18H16Cl2N2O4. The summed E-state index contributed by atoms with van der Waals surface area (Å²) in [5.41, 5.74) is 0.728. The van der Waals surface area contributed by atoms with Crippen molar-refractivity contribution in [2.45, 2.75) is 13.0 Å². The van der Waals surface area contributed by atoms with E-state index in [0.29, 0.717) is 16.3 Å². The van der Waals surface area contributed by atoms with Crippen LogP contribution >= 0.6 is 23.2 Å². The Morgan fingerprint density at radius 1 is 1.04 bits per heavy atom. The molecular weight excluding hydrogens is 379 g/mol. The lowest BCUT2D eigenvalue weighted by atomic mass is 10.2. The maximum Gasteiger partial charge on any atom is 0.328 e. The Balaban J connectivity index is 1.82. The van der Waals surface area contributed by atoms with Crippen LogP contribution in [0.2, 0.25) is 10.0 Å². The standard InChI is InChI=1S/C18H16Cl2N2O4/c1-11(21-17(24)12-6-3-2-4-7-12)18(25)26-10-15(23)22-14-9-5-8-13(19)16(14)20/h2-9,11H,10H2,1H3,(H,21,24)(H,22,23)/t11-/m0/s1. The second kappa shape index (κ2) is 9.22. The molecule has 2 aromatic rings. The summed E-state index contributed by atoms with van der Waals surface area (Å²) in [6, 6.07) is 12.3. The van der Waals surface area contributed by atoms with Crippen LogP contribution in [0.5, 0.6) is 0 Å². The molecule has 1 atom stereocenters. The van der Waals surface area contributed by atoms with Crippen LogP contribution in [0.15, 0.2) is 48.5 Å². The molecule has 0 heterocycles. The van der Waals surface area contributed by atoms with Gasteiger partial charge in [0.05, 0.1) is 15.7 Å². The largest absolute Gasteiger partial charge is 0.454 e. The van der Waals surface area contributed by atoms with Crippen LogP contribution in [-0.2, 0) is 14.3 Å². The third kappa shape index (κ3) is 5.47. The smallest absolute Gasteiger partial charge is 0.328 e. The summed E-state index contributed by atoms with van der Waals surface area (Å²) in [6.45, 7) is 0.947. The SMILES string of the molecule is C[C@H](NC(=O)c1ccccc1)C(=O)OCC(=O)Nc1cccc(Cl)c1Cl. The van der Waals surface area contributed by atoms with E-state index in [1.807, 2.05) is 0 Å². The molecule has 0 saturated heterocycles. The zero-order chi connectivity index (χ0) is 19.1. The molecule has 26 heavy (non-hydrogen) atoms. The fraction of sp³-hybridized carbons (Fsp3) is 0.167. The Hall–Kier alpha value is -2.57.